The van der Waals surface area contributed by atoms with E-state index >= 15 is 0 Å². The highest BCUT2D eigenvalue weighted by Gasteiger charge is 2.27. The van der Waals surface area contributed by atoms with E-state index in [0.29, 0.717) is 0 Å². The number of allylic oxidation sites excluding steroid dienone is 2. The standard InChI is InChI=1S/C15H26O2/c1-4-15(3,5-2)14(17)11-13(16)12-9-7-6-8-10-12/h11-12,17H,4-10H2,1-3H3. The largest absolute Gasteiger partial charge is 0.512 e. The number of aliphatic hydroxyl groups excluding tert-OH is 1. The van der Waals surface area contributed by atoms with Crippen LogP contribution in [0.1, 0.15) is 65.7 Å². The Morgan fingerprint density at radius 1 is 1.24 bits per heavy atom. The van der Waals surface area contributed by atoms with Crippen LogP contribution in [0.4, 0.5) is 0 Å². The van der Waals surface area contributed by atoms with Crippen molar-refractivity contribution in [1.29, 1.82) is 0 Å². The van der Waals surface area contributed by atoms with E-state index in [2.05, 4.69) is 13.8 Å². The monoisotopic (exact) mass is 238 g/mol. The molecule has 0 bridgehead atoms. The third kappa shape index (κ3) is 3.58. The molecule has 98 valence electrons. The van der Waals surface area contributed by atoms with Crippen LogP contribution in [0.5, 0.6) is 0 Å². The van der Waals surface area contributed by atoms with Crippen molar-refractivity contribution < 1.29 is 9.90 Å². The Labute approximate surface area is 105 Å². The lowest BCUT2D eigenvalue weighted by Gasteiger charge is -2.26. The van der Waals surface area contributed by atoms with Crippen molar-refractivity contribution in [2.75, 3.05) is 0 Å². The zero-order chi connectivity index (χ0) is 12.9. The molecule has 1 fully saturated rings. The maximum Gasteiger partial charge on any atom is 0.162 e. The Balaban J connectivity index is 2.69. The first-order chi connectivity index (χ1) is 8.03. The molecule has 0 aromatic rings. The van der Waals surface area contributed by atoms with Crippen LogP contribution in [0.25, 0.3) is 0 Å². The first-order valence-electron chi connectivity index (χ1n) is 6.98. The van der Waals surface area contributed by atoms with Crippen molar-refractivity contribution in [2.24, 2.45) is 11.3 Å². The number of ketones is 1. The topological polar surface area (TPSA) is 37.3 Å². The molecule has 0 amide bonds. The highest BCUT2D eigenvalue weighted by atomic mass is 16.3. The molecule has 17 heavy (non-hydrogen) atoms. The number of hydrogen-bond donors (Lipinski definition) is 1. The highest BCUT2D eigenvalue weighted by molar-refractivity contribution is 5.92. The second-order valence-corrected chi connectivity index (χ2v) is 5.53. The second-order valence-electron chi connectivity index (χ2n) is 5.53. The Bertz CT molecular complexity index is 281. The zero-order valence-electron chi connectivity index (χ0n) is 11.5. The van der Waals surface area contributed by atoms with Crippen molar-refractivity contribution in [1.82, 2.24) is 0 Å². The maximum absolute atomic E-state index is 12.1. The second kappa shape index (κ2) is 6.23. The molecule has 0 heterocycles. The van der Waals surface area contributed by atoms with Crippen molar-refractivity contribution in [3.63, 3.8) is 0 Å². The molecule has 0 aromatic carbocycles. The average Bonchev–Trinajstić information content (AvgIpc) is 2.38. The van der Waals surface area contributed by atoms with E-state index in [1.165, 1.54) is 12.5 Å². The summed E-state index contributed by atoms with van der Waals surface area (Å²) in [5.74, 6) is 0.567. The zero-order valence-corrected chi connectivity index (χ0v) is 11.5. The normalized spacial score (nSPS) is 19.4. The third-order valence-corrected chi connectivity index (χ3v) is 4.47. The molecule has 0 atom stereocenters. The Morgan fingerprint density at radius 3 is 2.24 bits per heavy atom. The van der Waals surface area contributed by atoms with Gasteiger partial charge in [0.2, 0.25) is 0 Å². The fraction of sp³-hybridized carbons (Fsp3) is 0.800. The number of carbonyl (C=O) groups excluding carboxylic acids is 1. The van der Waals surface area contributed by atoms with E-state index in [1.807, 2.05) is 6.92 Å². The van der Waals surface area contributed by atoms with Crippen molar-refractivity contribution in [2.45, 2.75) is 65.7 Å². The molecule has 0 aromatic heterocycles. The van der Waals surface area contributed by atoms with Crippen LogP contribution >= 0.6 is 0 Å². The summed E-state index contributed by atoms with van der Waals surface area (Å²) in [4.78, 5) is 12.1. The lowest BCUT2D eigenvalue weighted by molar-refractivity contribution is -0.119. The van der Waals surface area contributed by atoms with Gasteiger partial charge in [0.15, 0.2) is 5.78 Å². The minimum absolute atomic E-state index is 0.135. The predicted octanol–water partition coefficient (Wildman–Crippen LogP) is 4.40. The van der Waals surface area contributed by atoms with Gasteiger partial charge in [0.25, 0.3) is 0 Å². The minimum Gasteiger partial charge on any atom is -0.512 e. The molecule has 2 nitrogen and oxygen atoms in total. The van der Waals surface area contributed by atoms with Crippen molar-refractivity contribution in [3.05, 3.63) is 11.8 Å². The molecule has 0 spiro atoms. The van der Waals surface area contributed by atoms with Gasteiger partial charge in [-0.15, -0.1) is 0 Å². The average molecular weight is 238 g/mol. The summed E-state index contributed by atoms with van der Waals surface area (Å²) < 4.78 is 0. The quantitative estimate of drug-likeness (QED) is 0.569. The minimum atomic E-state index is -0.232. The number of hydrogen-bond acceptors (Lipinski definition) is 2. The van der Waals surface area contributed by atoms with E-state index in [-0.39, 0.29) is 22.9 Å². The summed E-state index contributed by atoms with van der Waals surface area (Å²) in [6.07, 6.45) is 8.79. The fourth-order valence-corrected chi connectivity index (χ4v) is 2.43. The van der Waals surface area contributed by atoms with E-state index in [0.717, 1.165) is 38.5 Å². The van der Waals surface area contributed by atoms with Gasteiger partial charge in [0.1, 0.15) is 5.76 Å². The van der Waals surface area contributed by atoms with Crippen LogP contribution in [0.3, 0.4) is 0 Å². The summed E-state index contributed by atoms with van der Waals surface area (Å²) >= 11 is 0. The van der Waals surface area contributed by atoms with Crippen molar-refractivity contribution in [3.8, 4) is 0 Å². The van der Waals surface area contributed by atoms with Gasteiger partial charge in [-0.1, -0.05) is 40.0 Å². The number of rotatable bonds is 5. The lowest BCUT2D eigenvalue weighted by Crippen LogP contribution is -2.21. The van der Waals surface area contributed by atoms with Gasteiger partial charge in [0.05, 0.1) is 0 Å². The molecule has 0 unspecified atom stereocenters. The third-order valence-electron chi connectivity index (χ3n) is 4.47. The van der Waals surface area contributed by atoms with Gasteiger partial charge >= 0.3 is 0 Å². The highest BCUT2D eigenvalue weighted by Crippen LogP contribution is 2.33. The van der Waals surface area contributed by atoms with Gasteiger partial charge in [0, 0.05) is 17.4 Å². The molecule has 1 saturated carbocycles. The number of aliphatic hydroxyl groups is 1. The van der Waals surface area contributed by atoms with Crippen molar-refractivity contribution >= 4 is 5.78 Å². The summed E-state index contributed by atoms with van der Waals surface area (Å²) in [6.45, 7) is 6.13. The van der Waals surface area contributed by atoms with Gasteiger partial charge in [-0.25, -0.2) is 0 Å². The molecule has 1 aliphatic carbocycles. The van der Waals surface area contributed by atoms with Crippen LogP contribution in [-0.4, -0.2) is 10.9 Å². The van der Waals surface area contributed by atoms with Crippen LogP contribution in [0.15, 0.2) is 11.8 Å². The summed E-state index contributed by atoms with van der Waals surface area (Å²) in [6, 6.07) is 0. The number of carbonyl (C=O) groups is 1. The van der Waals surface area contributed by atoms with E-state index in [9.17, 15) is 9.90 Å². The first kappa shape index (κ1) is 14.3. The molecular weight excluding hydrogens is 212 g/mol. The van der Waals surface area contributed by atoms with Crippen LogP contribution in [0, 0.1) is 11.3 Å². The van der Waals surface area contributed by atoms with E-state index < -0.39 is 0 Å². The van der Waals surface area contributed by atoms with E-state index in [4.69, 9.17) is 0 Å². The molecule has 1 rings (SSSR count). The summed E-state index contributed by atoms with van der Waals surface area (Å²) in [5.41, 5.74) is -0.232. The summed E-state index contributed by atoms with van der Waals surface area (Å²) in [7, 11) is 0. The first-order valence-corrected chi connectivity index (χ1v) is 6.98. The Hall–Kier alpha value is -0.790. The molecule has 1 aliphatic rings. The van der Waals surface area contributed by atoms with Crippen LogP contribution < -0.4 is 0 Å². The molecule has 0 saturated heterocycles. The fourth-order valence-electron chi connectivity index (χ4n) is 2.43. The van der Waals surface area contributed by atoms with Gasteiger partial charge in [-0.3, -0.25) is 4.79 Å². The smallest absolute Gasteiger partial charge is 0.162 e. The molecule has 1 N–H and O–H groups in total. The van der Waals surface area contributed by atoms with Crippen LogP contribution in [0.2, 0.25) is 0 Å². The summed E-state index contributed by atoms with van der Waals surface area (Å²) in [5, 5.41) is 10.1. The van der Waals surface area contributed by atoms with Crippen LogP contribution in [-0.2, 0) is 4.79 Å². The molecule has 0 aliphatic heterocycles. The molecular formula is C15H26O2. The van der Waals surface area contributed by atoms with Gasteiger partial charge in [-0.05, 0) is 25.7 Å². The molecule has 0 radical (unpaired) electrons. The maximum atomic E-state index is 12.1. The lowest BCUT2D eigenvalue weighted by atomic mass is 9.80. The Kier molecular flexibility index (Phi) is 5.23. The predicted molar refractivity (Wildman–Crippen MR) is 71.0 cm³/mol. The Morgan fingerprint density at radius 2 is 1.76 bits per heavy atom. The SMILES string of the molecule is CCC(C)(CC)C(O)=CC(=O)C1CCCCC1. The van der Waals surface area contributed by atoms with Gasteiger partial charge < -0.3 is 5.11 Å². The van der Waals surface area contributed by atoms with E-state index in [1.54, 1.807) is 0 Å². The van der Waals surface area contributed by atoms with Gasteiger partial charge in [-0.2, -0.15) is 0 Å². The molecule has 2 heteroatoms.